The smallest absolute Gasteiger partial charge is 0.0213 e. The summed E-state index contributed by atoms with van der Waals surface area (Å²) < 4.78 is 1.22. The van der Waals surface area contributed by atoms with Crippen LogP contribution in [0.1, 0.15) is 37.5 Å². The molecule has 0 heterocycles. The summed E-state index contributed by atoms with van der Waals surface area (Å²) in [5, 5.41) is 0. The minimum Gasteiger partial charge on any atom is -0.0620 e. The van der Waals surface area contributed by atoms with Crippen LogP contribution in [0.15, 0.2) is 53.0 Å². The summed E-state index contributed by atoms with van der Waals surface area (Å²) >= 11 is 3.74. The van der Waals surface area contributed by atoms with E-state index >= 15 is 0 Å². The van der Waals surface area contributed by atoms with Crippen LogP contribution in [-0.4, -0.2) is 0 Å². The Morgan fingerprint density at radius 2 is 1.42 bits per heavy atom. The summed E-state index contributed by atoms with van der Waals surface area (Å²) in [4.78, 5) is 0. The van der Waals surface area contributed by atoms with Gasteiger partial charge in [-0.2, -0.15) is 0 Å². The second kappa shape index (κ2) is 4.21. The van der Waals surface area contributed by atoms with Gasteiger partial charge in [0, 0.05) is 9.89 Å². The lowest BCUT2D eigenvalue weighted by molar-refractivity contribution is 0.305. The first-order valence-electron chi connectivity index (χ1n) is 6.80. The monoisotopic (exact) mass is 314 g/mol. The summed E-state index contributed by atoms with van der Waals surface area (Å²) in [7, 11) is 0. The lowest BCUT2D eigenvalue weighted by Crippen LogP contribution is -2.39. The van der Waals surface area contributed by atoms with E-state index in [1.165, 1.54) is 21.2 Å². The fourth-order valence-electron chi connectivity index (χ4n) is 3.52. The van der Waals surface area contributed by atoms with E-state index in [4.69, 9.17) is 0 Å². The Bertz CT molecular complexity index is 627. The molecule has 0 nitrogen and oxygen atoms in total. The molecule has 1 heteroatoms. The summed E-state index contributed by atoms with van der Waals surface area (Å²) in [5.74, 6) is 0. The SMILES string of the molecule is CC1(C)c2ccccc2CC1(C)c1ccccc1Br. The van der Waals surface area contributed by atoms with Crippen molar-refractivity contribution in [3.63, 3.8) is 0 Å². The Morgan fingerprint density at radius 1 is 0.842 bits per heavy atom. The molecule has 19 heavy (non-hydrogen) atoms. The van der Waals surface area contributed by atoms with Gasteiger partial charge < -0.3 is 0 Å². The van der Waals surface area contributed by atoms with Gasteiger partial charge in [-0.25, -0.2) is 0 Å². The van der Waals surface area contributed by atoms with Crippen LogP contribution in [0.4, 0.5) is 0 Å². The fraction of sp³-hybridized carbons (Fsp3) is 0.333. The Hall–Kier alpha value is -1.08. The first-order chi connectivity index (χ1) is 8.97. The third kappa shape index (κ3) is 1.71. The molecule has 0 amide bonds. The highest BCUT2D eigenvalue weighted by molar-refractivity contribution is 9.10. The van der Waals surface area contributed by atoms with Crippen LogP contribution in [-0.2, 0) is 17.3 Å². The first kappa shape index (κ1) is 12.9. The molecule has 0 aromatic heterocycles. The largest absolute Gasteiger partial charge is 0.0620 e. The van der Waals surface area contributed by atoms with Crippen molar-refractivity contribution in [2.45, 2.75) is 38.0 Å². The molecule has 0 aliphatic heterocycles. The van der Waals surface area contributed by atoms with Gasteiger partial charge in [0.1, 0.15) is 0 Å². The number of benzene rings is 2. The van der Waals surface area contributed by atoms with E-state index in [2.05, 4.69) is 85.2 Å². The molecule has 98 valence electrons. The topological polar surface area (TPSA) is 0 Å². The second-order valence-electron chi connectivity index (χ2n) is 6.27. The van der Waals surface area contributed by atoms with E-state index in [9.17, 15) is 0 Å². The molecule has 0 bridgehead atoms. The highest BCUT2D eigenvalue weighted by atomic mass is 79.9. The van der Waals surface area contributed by atoms with Crippen LogP contribution in [0.5, 0.6) is 0 Å². The Balaban J connectivity index is 2.21. The third-order valence-corrected chi connectivity index (χ3v) is 5.77. The number of hydrogen-bond donors (Lipinski definition) is 0. The van der Waals surface area contributed by atoms with Crippen LogP contribution >= 0.6 is 15.9 Å². The maximum atomic E-state index is 3.74. The molecule has 1 unspecified atom stereocenters. The van der Waals surface area contributed by atoms with E-state index in [1.54, 1.807) is 0 Å². The van der Waals surface area contributed by atoms with Gasteiger partial charge in [0.2, 0.25) is 0 Å². The molecule has 0 radical (unpaired) electrons. The molecular weight excluding hydrogens is 296 g/mol. The fourth-order valence-corrected chi connectivity index (χ4v) is 4.25. The van der Waals surface area contributed by atoms with Crippen molar-refractivity contribution in [2.75, 3.05) is 0 Å². The van der Waals surface area contributed by atoms with Crippen LogP contribution < -0.4 is 0 Å². The zero-order chi connectivity index (χ0) is 13.7. The highest BCUT2D eigenvalue weighted by Crippen LogP contribution is 2.53. The van der Waals surface area contributed by atoms with Crippen LogP contribution in [0.3, 0.4) is 0 Å². The van der Waals surface area contributed by atoms with Crippen LogP contribution in [0, 0.1) is 0 Å². The number of fused-ring (bicyclic) bond motifs is 1. The standard InChI is InChI=1S/C18H19Br/c1-17(2)14-9-5-4-8-13(14)12-18(17,3)15-10-6-7-11-16(15)19/h4-11H,12H2,1-3H3. The average Bonchev–Trinajstić information content (AvgIpc) is 2.59. The number of hydrogen-bond acceptors (Lipinski definition) is 0. The molecule has 2 aromatic rings. The normalized spacial score (nSPS) is 24.2. The summed E-state index contributed by atoms with van der Waals surface area (Å²) in [5.41, 5.74) is 4.68. The van der Waals surface area contributed by atoms with Gasteiger partial charge in [-0.3, -0.25) is 0 Å². The van der Waals surface area contributed by atoms with Gasteiger partial charge in [0.05, 0.1) is 0 Å². The van der Waals surface area contributed by atoms with Gasteiger partial charge in [-0.15, -0.1) is 0 Å². The number of rotatable bonds is 1. The van der Waals surface area contributed by atoms with Gasteiger partial charge in [0.25, 0.3) is 0 Å². The number of halogens is 1. The summed E-state index contributed by atoms with van der Waals surface area (Å²) in [6.07, 6.45) is 1.11. The summed E-state index contributed by atoms with van der Waals surface area (Å²) in [6.45, 7) is 7.14. The predicted molar refractivity (Wildman–Crippen MR) is 84.7 cm³/mol. The molecule has 0 spiro atoms. The van der Waals surface area contributed by atoms with E-state index < -0.39 is 0 Å². The average molecular weight is 315 g/mol. The highest BCUT2D eigenvalue weighted by Gasteiger charge is 2.50. The zero-order valence-corrected chi connectivity index (χ0v) is 13.3. The lowest BCUT2D eigenvalue weighted by Gasteiger charge is -2.40. The van der Waals surface area contributed by atoms with Gasteiger partial charge in [0.15, 0.2) is 0 Å². The van der Waals surface area contributed by atoms with E-state index in [0.717, 1.165) is 6.42 Å². The lowest BCUT2D eigenvalue weighted by atomic mass is 9.63. The van der Waals surface area contributed by atoms with E-state index in [1.807, 2.05) is 0 Å². The molecule has 0 N–H and O–H groups in total. The molecule has 2 aromatic carbocycles. The summed E-state index contributed by atoms with van der Waals surface area (Å²) in [6, 6.07) is 17.5. The van der Waals surface area contributed by atoms with Crippen molar-refractivity contribution >= 4 is 15.9 Å². The van der Waals surface area contributed by atoms with Crippen molar-refractivity contribution < 1.29 is 0 Å². The minimum atomic E-state index is 0.136. The van der Waals surface area contributed by atoms with Crippen LogP contribution in [0.25, 0.3) is 0 Å². The van der Waals surface area contributed by atoms with Crippen molar-refractivity contribution in [3.8, 4) is 0 Å². The van der Waals surface area contributed by atoms with Crippen molar-refractivity contribution in [1.82, 2.24) is 0 Å². The maximum absolute atomic E-state index is 3.74. The first-order valence-corrected chi connectivity index (χ1v) is 7.59. The van der Waals surface area contributed by atoms with Gasteiger partial charge in [-0.05, 0) is 34.6 Å². The molecular formula is C18H19Br. The predicted octanol–water partition coefficient (Wildman–Crippen LogP) is 5.24. The quantitative estimate of drug-likeness (QED) is 0.675. The zero-order valence-electron chi connectivity index (χ0n) is 11.7. The third-order valence-electron chi connectivity index (χ3n) is 5.08. The Labute approximate surface area is 124 Å². The van der Waals surface area contributed by atoms with E-state index in [-0.39, 0.29) is 10.8 Å². The Morgan fingerprint density at radius 3 is 2.05 bits per heavy atom. The van der Waals surface area contributed by atoms with Gasteiger partial charge in [-0.1, -0.05) is 79.2 Å². The second-order valence-corrected chi connectivity index (χ2v) is 7.13. The molecule has 1 atom stereocenters. The van der Waals surface area contributed by atoms with Crippen molar-refractivity contribution in [2.24, 2.45) is 0 Å². The molecule has 3 rings (SSSR count). The molecule has 0 saturated carbocycles. The van der Waals surface area contributed by atoms with Crippen molar-refractivity contribution in [3.05, 3.63) is 69.7 Å². The minimum absolute atomic E-state index is 0.136. The maximum Gasteiger partial charge on any atom is 0.0213 e. The molecule has 1 aliphatic rings. The Kier molecular flexibility index (Phi) is 2.86. The molecule has 0 fully saturated rings. The van der Waals surface area contributed by atoms with Crippen molar-refractivity contribution in [1.29, 1.82) is 0 Å². The van der Waals surface area contributed by atoms with E-state index in [0.29, 0.717) is 0 Å². The molecule has 1 aliphatic carbocycles. The van der Waals surface area contributed by atoms with Crippen LogP contribution in [0.2, 0.25) is 0 Å². The van der Waals surface area contributed by atoms with Gasteiger partial charge >= 0.3 is 0 Å². The molecule has 0 saturated heterocycles.